The second-order valence-electron chi connectivity index (χ2n) is 6.23. The molecule has 0 aromatic heterocycles. The number of benzene rings is 1. The zero-order valence-electron chi connectivity index (χ0n) is 14.5. The van der Waals surface area contributed by atoms with Gasteiger partial charge in [-0.25, -0.2) is 8.42 Å². The molecule has 23 heavy (non-hydrogen) atoms. The van der Waals surface area contributed by atoms with E-state index < -0.39 is 9.84 Å². The van der Waals surface area contributed by atoms with Crippen LogP contribution in [0.1, 0.15) is 20.8 Å². The standard InChI is InChI=1S/C17H28N2O3S/c1-5-23(20,21)17-8-6-16(7-9-17)18-12-14(2)19(10-11-22-4)15(3)13-18/h6-9,14-15H,5,10-13H2,1-4H3/t14-,15-/m0/s1. The Labute approximate surface area is 140 Å². The molecule has 1 aliphatic rings. The predicted molar refractivity (Wildman–Crippen MR) is 93.9 cm³/mol. The van der Waals surface area contributed by atoms with E-state index in [1.807, 2.05) is 12.1 Å². The smallest absolute Gasteiger partial charge is 0.178 e. The third-order valence-corrected chi connectivity index (χ3v) is 6.35. The van der Waals surface area contributed by atoms with Gasteiger partial charge in [0.15, 0.2) is 9.84 Å². The van der Waals surface area contributed by atoms with Crippen LogP contribution in [0, 0.1) is 0 Å². The SMILES string of the molecule is CCS(=O)(=O)c1ccc(N2C[C@H](C)N(CCOC)[C@@H](C)C2)cc1. The summed E-state index contributed by atoms with van der Waals surface area (Å²) in [5, 5.41) is 0. The van der Waals surface area contributed by atoms with Gasteiger partial charge in [0.1, 0.15) is 0 Å². The van der Waals surface area contributed by atoms with Crippen LogP contribution < -0.4 is 4.90 Å². The van der Waals surface area contributed by atoms with E-state index in [1.165, 1.54) is 0 Å². The number of methoxy groups -OCH3 is 1. The molecule has 0 bridgehead atoms. The molecule has 0 amide bonds. The minimum atomic E-state index is -3.13. The van der Waals surface area contributed by atoms with Crippen molar-refractivity contribution in [3.05, 3.63) is 24.3 Å². The highest BCUT2D eigenvalue weighted by molar-refractivity contribution is 7.91. The molecule has 0 aliphatic carbocycles. The fourth-order valence-corrected chi connectivity index (χ4v) is 4.12. The molecule has 1 heterocycles. The largest absolute Gasteiger partial charge is 0.383 e. The van der Waals surface area contributed by atoms with E-state index >= 15 is 0 Å². The Hall–Kier alpha value is -1.11. The van der Waals surface area contributed by atoms with Crippen LogP contribution in [0.25, 0.3) is 0 Å². The van der Waals surface area contributed by atoms with E-state index in [-0.39, 0.29) is 5.75 Å². The minimum absolute atomic E-state index is 0.137. The summed E-state index contributed by atoms with van der Waals surface area (Å²) in [4.78, 5) is 5.21. The number of piperazine rings is 1. The van der Waals surface area contributed by atoms with Crippen molar-refractivity contribution in [2.24, 2.45) is 0 Å². The van der Waals surface area contributed by atoms with Gasteiger partial charge in [-0.3, -0.25) is 4.90 Å². The second-order valence-corrected chi connectivity index (χ2v) is 8.51. The van der Waals surface area contributed by atoms with Crippen LogP contribution in [-0.4, -0.2) is 64.5 Å². The van der Waals surface area contributed by atoms with Crippen molar-refractivity contribution < 1.29 is 13.2 Å². The van der Waals surface area contributed by atoms with Crippen LogP contribution in [-0.2, 0) is 14.6 Å². The lowest BCUT2D eigenvalue weighted by Gasteiger charge is -2.45. The van der Waals surface area contributed by atoms with Gasteiger partial charge in [-0.2, -0.15) is 0 Å². The summed E-state index contributed by atoms with van der Waals surface area (Å²) in [5.74, 6) is 0.137. The van der Waals surface area contributed by atoms with E-state index in [0.29, 0.717) is 17.0 Å². The van der Waals surface area contributed by atoms with Gasteiger partial charge in [-0.1, -0.05) is 6.92 Å². The van der Waals surface area contributed by atoms with Crippen molar-refractivity contribution in [3.63, 3.8) is 0 Å². The van der Waals surface area contributed by atoms with Crippen molar-refractivity contribution in [2.75, 3.05) is 44.0 Å². The third kappa shape index (κ3) is 4.25. The number of sulfone groups is 1. The molecule has 1 aliphatic heterocycles. The summed E-state index contributed by atoms with van der Waals surface area (Å²) in [6, 6.07) is 8.17. The number of anilines is 1. The van der Waals surface area contributed by atoms with E-state index in [0.717, 1.165) is 31.9 Å². The first-order valence-corrected chi connectivity index (χ1v) is 9.86. The highest BCUT2D eigenvalue weighted by atomic mass is 32.2. The summed E-state index contributed by atoms with van der Waals surface area (Å²) < 4.78 is 29.0. The monoisotopic (exact) mass is 340 g/mol. The summed E-state index contributed by atoms with van der Waals surface area (Å²) in [6.45, 7) is 9.70. The molecular weight excluding hydrogens is 312 g/mol. The normalized spacial score (nSPS) is 23.2. The van der Waals surface area contributed by atoms with Crippen molar-refractivity contribution in [1.29, 1.82) is 0 Å². The van der Waals surface area contributed by atoms with Gasteiger partial charge in [-0.05, 0) is 38.1 Å². The van der Waals surface area contributed by atoms with E-state index in [1.54, 1.807) is 26.2 Å². The fourth-order valence-electron chi connectivity index (χ4n) is 3.24. The van der Waals surface area contributed by atoms with Gasteiger partial charge in [0.05, 0.1) is 17.3 Å². The zero-order valence-corrected chi connectivity index (χ0v) is 15.3. The van der Waals surface area contributed by atoms with Crippen molar-refractivity contribution in [1.82, 2.24) is 4.90 Å². The number of hydrogen-bond acceptors (Lipinski definition) is 5. The number of nitrogens with zero attached hydrogens (tertiary/aromatic N) is 2. The molecule has 130 valence electrons. The Balaban J connectivity index is 2.09. The second kappa shape index (κ2) is 7.64. The molecule has 1 fully saturated rings. The summed E-state index contributed by atoms with van der Waals surface area (Å²) in [6.07, 6.45) is 0. The molecule has 0 unspecified atom stereocenters. The zero-order chi connectivity index (χ0) is 17.0. The lowest BCUT2D eigenvalue weighted by molar-refractivity contribution is 0.0847. The first-order valence-electron chi connectivity index (χ1n) is 8.21. The summed E-state index contributed by atoms with van der Waals surface area (Å²) >= 11 is 0. The number of rotatable bonds is 6. The van der Waals surface area contributed by atoms with Crippen LogP contribution in [0.3, 0.4) is 0 Å². The maximum Gasteiger partial charge on any atom is 0.178 e. The molecule has 2 rings (SSSR count). The highest BCUT2D eigenvalue weighted by Crippen LogP contribution is 2.24. The summed E-state index contributed by atoms with van der Waals surface area (Å²) in [5.41, 5.74) is 1.09. The van der Waals surface area contributed by atoms with E-state index in [2.05, 4.69) is 23.6 Å². The molecular formula is C17H28N2O3S. The Morgan fingerprint density at radius 1 is 1.13 bits per heavy atom. The molecule has 2 atom stereocenters. The average Bonchev–Trinajstić information content (AvgIpc) is 2.54. The van der Waals surface area contributed by atoms with Gasteiger partial charge in [0.25, 0.3) is 0 Å². The van der Waals surface area contributed by atoms with Gasteiger partial charge in [0.2, 0.25) is 0 Å². The lowest BCUT2D eigenvalue weighted by atomic mass is 10.1. The maximum absolute atomic E-state index is 11.9. The van der Waals surface area contributed by atoms with Crippen LogP contribution >= 0.6 is 0 Å². The van der Waals surface area contributed by atoms with Crippen molar-refractivity contribution >= 4 is 15.5 Å². The molecule has 1 aromatic rings. The number of ether oxygens (including phenoxy) is 1. The third-order valence-electron chi connectivity index (χ3n) is 4.60. The van der Waals surface area contributed by atoms with Crippen LogP contribution in [0.15, 0.2) is 29.2 Å². The molecule has 1 aromatic carbocycles. The molecule has 6 heteroatoms. The highest BCUT2D eigenvalue weighted by Gasteiger charge is 2.29. The molecule has 0 saturated carbocycles. The topological polar surface area (TPSA) is 49.9 Å². The molecule has 1 saturated heterocycles. The van der Waals surface area contributed by atoms with Crippen molar-refractivity contribution in [2.45, 2.75) is 37.8 Å². The quantitative estimate of drug-likeness (QED) is 0.793. The molecule has 0 radical (unpaired) electrons. The van der Waals surface area contributed by atoms with Crippen LogP contribution in [0.4, 0.5) is 5.69 Å². The van der Waals surface area contributed by atoms with Gasteiger partial charge in [0, 0.05) is 44.5 Å². The van der Waals surface area contributed by atoms with Gasteiger partial charge in [-0.15, -0.1) is 0 Å². The Morgan fingerprint density at radius 3 is 2.17 bits per heavy atom. The number of hydrogen-bond donors (Lipinski definition) is 0. The van der Waals surface area contributed by atoms with Gasteiger partial charge >= 0.3 is 0 Å². The predicted octanol–water partition coefficient (Wildman–Crippen LogP) is 2.03. The minimum Gasteiger partial charge on any atom is -0.383 e. The molecule has 5 nitrogen and oxygen atoms in total. The first kappa shape index (κ1) is 18.2. The fraction of sp³-hybridized carbons (Fsp3) is 0.647. The molecule has 0 spiro atoms. The van der Waals surface area contributed by atoms with Crippen LogP contribution in [0.2, 0.25) is 0 Å². The van der Waals surface area contributed by atoms with Crippen LogP contribution in [0.5, 0.6) is 0 Å². The van der Waals surface area contributed by atoms with E-state index in [4.69, 9.17) is 4.74 Å². The Kier molecular flexibility index (Phi) is 6.06. The Morgan fingerprint density at radius 2 is 1.70 bits per heavy atom. The van der Waals surface area contributed by atoms with Crippen molar-refractivity contribution in [3.8, 4) is 0 Å². The Bertz CT molecular complexity index is 589. The van der Waals surface area contributed by atoms with E-state index in [9.17, 15) is 8.42 Å². The lowest BCUT2D eigenvalue weighted by Crippen LogP contribution is -2.57. The average molecular weight is 340 g/mol. The maximum atomic E-state index is 11.9. The summed E-state index contributed by atoms with van der Waals surface area (Å²) in [7, 11) is -1.39. The molecule has 0 N–H and O–H groups in total. The first-order chi connectivity index (χ1) is 10.9. The van der Waals surface area contributed by atoms with Gasteiger partial charge < -0.3 is 9.64 Å².